The Hall–Kier alpha value is -0.860. The normalized spacial score (nSPS) is 31.5. The van der Waals surface area contributed by atoms with Gasteiger partial charge in [-0.3, -0.25) is 0 Å². The Morgan fingerprint density at radius 3 is 2.67 bits per heavy atom. The minimum atomic E-state index is 0.386. The lowest BCUT2D eigenvalue weighted by Crippen LogP contribution is -2.41. The van der Waals surface area contributed by atoms with E-state index in [4.69, 9.17) is 4.74 Å². The van der Waals surface area contributed by atoms with Crippen molar-refractivity contribution in [1.29, 1.82) is 0 Å². The summed E-state index contributed by atoms with van der Waals surface area (Å²) in [7, 11) is 1.81. The molecular formula is C13H19NO. The molecule has 0 radical (unpaired) electrons. The van der Waals surface area contributed by atoms with Crippen LogP contribution in [-0.4, -0.2) is 19.8 Å². The van der Waals surface area contributed by atoms with Gasteiger partial charge >= 0.3 is 0 Å². The monoisotopic (exact) mass is 205 g/mol. The third kappa shape index (κ3) is 2.39. The molecule has 82 valence electrons. The molecule has 1 saturated heterocycles. The molecule has 1 heterocycles. The molecule has 1 N–H and O–H groups in total. The van der Waals surface area contributed by atoms with E-state index in [1.807, 2.05) is 7.11 Å². The summed E-state index contributed by atoms with van der Waals surface area (Å²) in [6, 6.07) is 11.1. The van der Waals surface area contributed by atoms with E-state index in [0.717, 1.165) is 13.0 Å². The van der Waals surface area contributed by atoms with Gasteiger partial charge in [0.25, 0.3) is 0 Å². The van der Waals surface area contributed by atoms with E-state index in [1.165, 1.54) is 5.56 Å². The van der Waals surface area contributed by atoms with Crippen molar-refractivity contribution >= 4 is 0 Å². The van der Waals surface area contributed by atoms with Gasteiger partial charge in [-0.2, -0.15) is 0 Å². The van der Waals surface area contributed by atoms with Crippen LogP contribution in [0.2, 0.25) is 0 Å². The third-order valence-electron chi connectivity index (χ3n) is 3.29. The SMILES string of the molecule is COC1CC(c2ccccc2)NCC1C. The van der Waals surface area contributed by atoms with Crippen molar-refractivity contribution in [2.45, 2.75) is 25.5 Å². The molecule has 0 aromatic heterocycles. The van der Waals surface area contributed by atoms with Crippen LogP contribution in [0.3, 0.4) is 0 Å². The molecule has 1 aliphatic rings. The Labute approximate surface area is 91.6 Å². The quantitative estimate of drug-likeness (QED) is 0.800. The van der Waals surface area contributed by atoms with Crippen LogP contribution in [0, 0.1) is 5.92 Å². The smallest absolute Gasteiger partial charge is 0.0627 e. The Balaban J connectivity index is 2.06. The molecule has 1 aromatic carbocycles. The summed E-state index contributed by atoms with van der Waals surface area (Å²) >= 11 is 0. The summed E-state index contributed by atoms with van der Waals surface area (Å²) < 4.78 is 5.52. The van der Waals surface area contributed by atoms with Gasteiger partial charge in [0.05, 0.1) is 6.10 Å². The first-order valence-electron chi connectivity index (χ1n) is 5.62. The highest BCUT2D eigenvalue weighted by atomic mass is 16.5. The Morgan fingerprint density at radius 1 is 1.27 bits per heavy atom. The molecule has 1 fully saturated rings. The molecule has 2 nitrogen and oxygen atoms in total. The zero-order valence-electron chi connectivity index (χ0n) is 9.44. The largest absolute Gasteiger partial charge is 0.381 e. The summed E-state index contributed by atoms with van der Waals surface area (Å²) in [6.45, 7) is 3.28. The van der Waals surface area contributed by atoms with Crippen LogP contribution in [0.25, 0.3) is 0 Å². The second-order valence-electron chi connectivity index (χ2n) is 4.36. The minimum Gasteiger partial charge on any atom is -0.381 e. The van der Waals surface area contributed by atoms with E-state index in [1.54, 1.807) is 0 Å². The minimum absolute atomic E-state index is 0.386. The zero-order valence-corrected chi connectivity index (χ0v) is 9.44. The van der Waals surface area contributed by atoms with E-state index in [2.05, 4.69) is 42.6 Å². The maximum absolute atomic E-state index is 5.52. The molecule has 0 bridgehead atoms. The molecule has 2 rings (SSSR count). The maximum Gasteiger partial charge on any atom is 0.0627 e. The number of hydrogen-bond acceptors (Lipinski definition) is 2. The molecule has 0 aliphatic carbocycles. The van der Waals surface area contributed by atoms with E-state index < -0.39 is 0 Å². The summed E-state index contributed by atoms with van der Waals surface area (Å²) in [6.07, 6.45) is 1.46. The molecule has 15 heavy (non-hydrogen) atoms. The van der Waals surface area contributed by atoms with Gasteiger partial charge in [-0.05, 0) is 17.9 Å². The second-order valence-corrected chi connectivity index (χ2v) is 4.36. The van der Waals surface area contributed by atoms with E-state index in [-0.39, 0.29) is 0 Å². The topological polar surface area (TPSA) is 21.3 Å². The predicted molar refractivity (Wildman–Crippen MR) is 61.8 cm³/mol. The average molecular weight is 205 g/mol. The van der Waals surface area contributed by atoms with Crippen molar-refractivity contribution in [3.05, 3.63) is 35.9 Å². The number of methoxy groups -OCH3 is 1. The first kappa shape index (κ1) is 10.7. The van der Waals surface area contributed by atoms with Gasteiger partial charge < -0.3 is 10.1 Å². The molecule has 2 heteroatoms. The highest BCUT2D eigenvalue weighted by Gasteiger charge is 2.27. The number of benzene rings is 1. The number of piperidine rings is 1. The second kappa shape index (κ2) is 4.77. The molecule has 0 spiro atoms. The van der Waals surface area contributed by atoms with Crippen molar-refractivity contribution in [1.82, 2.24) is 5.32 Å². The highest BCUT2D eigenvalue weighted by molar-refractivity contribution is 5.19. The summed E-state index contributed by atoms with van der Waals surface area (Å²) in [5, 5.41) is 3.57. The van der Waals surface area contributed by atoms with Gasteiger partial charge in [0, 0.05) is 19.7 Å². The first-order valence-corrected chi connectivity index (χ1v) is 5.62. The summed E-state index contributed by atoms with van der Waals surface area (Å²) in [4.78, 5) is 0. The Kier molecular flexibility index (Phi) is 3.39. The fourth-order valence-corrected chi connectivity index (χ4v) is 2.28. The van der Waals surface area contributed by atoms with Crippen molar-refractivity contribution in [3.8, 4) is 0 Å². The lowest BCUT2D eigenvalue weighted by atomic mass is 9.89. The van der Waals surface area contributed by atoms with Gasteiger partial charge in [-0.1, -0.05) is 37.3 Å². The van der Waals surface area contributed by atoms with Crippen LogP contribution in [0.1, 0.15) is 24.9 Å². The van der Waals surface area contributed by atoms with Crippen molar-refractivity contribution in [2.75, 3.05) is 13.7 Å². The van der Waals surface area contributed by atoms with Gasteiger partial charge in [-0.25, -0.2) is 0 Å². The molecule has 3 atom stereocenters. The predicted octanol–water partition coefficient (Wildman–Crippen LogP) is 2.37. The molecule has 0 amide bonds. The number of rotatable bonds is 2. The third-order valence-corrected chi connectivity index (χ3v) is 3.29. The van der Waals surface area contributed by atoms with Crippen LogP contribution in [0.4, 0.5) is 0 Å². The van der Waals surface area contributed by atoms with Crippen molar-refractivity contribution < 1.29 is 4.74 Å². The van der Waals surface area contributed by atoms with Crippen LogP contribution >= 0.6 is 0 Å². The molecule has 0 saturated carbocycles. The van der Waals surface area contributed by atoms with Gasteiger partial charge in [0.1, 0.15) is 0 Å². The van der Waals surface area contributed by atoms with E-state index in [9.17, 15) is 0 Å². The highest BCUT2D eigenvalue weighted by Crippen LogP contribution is 2.27. The van der Waals surface area contributed by atoms with Crippen molar-refractivity contribution in [2.24, 2.45) is 5.92 Å². The van der Waals surface area contributed by atoms with Crippen molar-refractivity contribution in [3.63, 3.8) is 0 Å². The first-order chi connectivity index (χ1) is 7.31. The van der Waals surface area contributed by atoms with Gasteiger partial charge in [-0.15, -0.1) is 0 Å². The standard InChI is InChI=1S/C13H19NO/c1-10-9-14-12(8-13(10)15-2)11-6-4-3-5-7-11/h3-7,10,12-14H,8-9H2,1-2H3. The van der Waals surface area contributed by atoms with Crippen LogP contribution < -0.4 is 5.32 Å². The molecule has 3 unspecified atom stereocenters. The lowest BCUT2D eigenvalue weighted by Gasteiger charge is -2.34. The molecular weight excluding hydrogens is 186 g/mol. The van der Waals surface area contributed by atoms with Crippen LogP contribution in [-0.2, 0) is 4.74 Å². The Morgan fingerprint density at radius 2 is 2.00 bits per heavy atom. The van der Waals surface area contributed by atoms with Crippen LogP contribution in [0.15, 0.2) is 30.3 Å². The van der Waals surface area contributed by atoms with Gasteiger partial charge in [0.15, 0.2) is 0 Å². The number of hydrogen-bond donors (Lipinski definition) is 1. The maximum atomic E-state index is 5.52. The lowest BCUT2D eigenvalue weighted by molar-refractivity contribution is 0.0236. The van der Waals surface area contributed by atoms with E-state index in [0.29, 0.717) is 18.1 Å². The van der Waals surface area contributed by atoms with E-state index >= 15 is 0 Å². The summed E-state index contributed by atoms with van der Waals surface area (Å²) in [5.41, 5.74) is 1.37. The fraction of sp³-hybridized carbons (Fsp3) is 0.538. The van der Waals surface area contributed by atoms with Crippen LogP contribution in [0.5, 0.6) is 0 Å². The number of ether oxygens (including phenoxy) is 1. The zero-order chi connectivity index (χ0) is 10.7. The number of nitrogens with one attached hydrogen (secondary N) is 1. The fourth-order valence-electron chi connectivity index (χ4n) is 2.28. The molecule has 1 aromatic rings. The average Bonchev–Trinajstić information content (AvgIpc) is 2.31. The van der Waals surface area contributed by atoms with Gasteiger partial charge in [0.2, 0.25) is 0 Å². The Bertz CT molecular complexity index is 299. The summed E-state index contributed by atoms with van der Waals surface area (Å²) in [5.74, 6) is 0.606. The molecule has 1 aliphatic heterocycles.